The van der Waals surface area contributed by atoms with Crippen molar-refractivity contribution in [1.29, 1.82) is 0 Å². The van der Waals surface area contributed by atoms with Crippen molar-refractivity contribution in [3.63, 3.8) is 0 Å². The fourth-order valence-electron chi connectivity index (χ4n) is 2.85. The van der Waals surface area contributed by atoms with Crippen LogP contribution in [0.15, 0.2) is 48.8 Å². The Labute approximate surface area is 149 Å². The molecule has 1 aromatic heterocycles. The summed E-state index contributed by atoms with van der Waals surface area (Å²) in [5.41, 5.74) is 1.59. The molecule has 1 fully saturated rings. The molecule has 26 heavy (non-hydrogen) atoms. The van der Waals surface area contributed by atoms with Crippen molar-refractivity contribution in [3.8, 4) is 5.69 Å². The van der Waals surface area contributed by atoms with E-state index in [1.54, 1.807) is 18.2 Å². The minimum Gasteiger partial charge on any atom is -0.378 e. The molecule has 0 aliphatic carbocycles. The van der Waals surface area contributed by atoms with E-state index in [4.69, 9.17) is 4.74 Å². The van der Waals surface area contributed by atoms with Crippen molar-refractivity contribution in [2.45, 2.75) is 0 Å². The quantitative estimate of drug-likeness (QED) is 0.778. The van der Waals surface area contributed by atoms with E-state index < -0.39 is 5.82 Å². The Morgan fingerprint density at radius 3 is 2.65 bits per heavy atom. The number of benzene rings is 2. The van der Waals surface area contributed by atoms with Crippen LogP contribution in [0.5, 0.6) is 0 Å². The van der Waals surface area contributed by atoms with Crippen LogP contribution in [-0.2, 0) is 4.74 Å². The SMILES string of the molecule is Fc1cc(Nc2ncn(-c3ccccc3F)n2)cc(N2CCOCC2)c1. The van der Waals surface area contributed by atoms with Crippen LogP contribution >= 0.6 is 0 Å². The molecular formula is C18H17F2N5O. The second kappa shape index (κ2) is 7.09. The molecule has 3 aromatic rings. The number of halogens is 2. The molecule has 0 radical (unpaired) electrons. The second-order valence-electron chi connectivity index (χ2n) is 5.89. The average Bonchev–Trinajstić information content (AvgIpc) is 3.10. The molecule has 2 heterocycles. The van der Waals surface area contributed by atoms with E-state index in [1.165, 1.54) is 29.2 Å². The van der Waals surface area contributed by atoms with E-state index in [0.29, 0.717) is 37.7 Å². The highest BCUT2D eigenvalue weighted by Gasteiger charge is 2.14. The molecule has 0 amide bonds. The summed E-state index contributed by atoms with van der Waals surface area (Å²) in [6, 6.07) is 11.0. The summed E-state index contributed by atoms with van der Waals surface area (Å²) in [7, 11) is 0. The van der Waals surface area contributed by atoms with Crippen LogP contribution in [0.1, 0.15) is 0 Å². The van der Waals surface area contributed by atoms with E-state index in [2.05, 4.69) is 20.3 Å². The largest absolute Gasteiger partial charge is 0.378 e. The summed E-state index contributed by atoms with van der Waals surface area (Å²) in [4.78, 5) is 6.18. The Kier molecular flexibility index (Phi) is 4.49. The minimum absolute atomic E-state index is 0.256. The van der Waals surface area contributed by atoms with E-state index in [1.807, 2.05) is 6.07 Å². The molecule has 0 unspecified atom stereocenters. The molecule has 0 saturated carbocycles. The third kappa shape index (κ3) is 3.50. The third-order valence-electron chi connectivity index (χ3n) is 4.11. The zero-order chi connectivity index (χ0) is 17.9. The number of ether oxygens (including phenoxy) is 1. The Morgan fingerprint density at radius 1 is 1.04 bits per heavy atom. The zero-order valence-corrected chi connectivity index (χ0v) is 13.9. The van der Waals surface area contributed by atoms with Crippen molar-refractivity contribution in [1.82, 2.24) is 14.8 Å². The molecule has 0 atom stereocenters. The lowest BCUT2D eigenvalue weighted by Gasteiger charge is -2.29. The summed E-state index contributed by atoms with van der Waals surface area (Å²) in [5.74, 6) is -0.499. The number of hydrogen-bond donors (Lipinski definition) is 1. The fraction of sp³-hybridized carbons (Fsp3) is 0.222. The van der Waals surface area contributed by atoms with Crippen molar-refractivity contribution in [3.05, 3.63) is 60.4 Å². The normalized spacial score (nSPS) is 14.5. The van der Waals surface area contributed by atoms with Gasteiger partial charge < -0.3 is 15.0 Å². The van der Waals surface area contributed by atoms with Gasteiger partial charge in [-0.05, 0) is 30.3 Å². The van der Waals surface area contributed by atoms with Crippen LogP contribution < -0.4 is 10.2 Å². The first kappa shape index (κ1) is 16.5. The van der Waals surface area contributed by atoms with E-state index >= 15 is 0 Å². The monoisotopic (exact) mass is 357 g/mol. The number of rotatable bonds is 4. The van der Waals surface area contributed by atoms with Gasteiger partial charge >= 0.3 is 0 Å². The molecule has 1 aliphatic rings. The van der Waals surface area contributed by atoms with Crippen LogP contribution in [0.25, 0.3) is 5.69 Å². The summed E-state index contributed by atoms with van der Waals surface area (Å²) in [6.07, 6.45) is 1.41. The lowest BCUT2D eigenvalue weighted by Crippen LogP contribution is -2.36. The lowest BCUT2D eigenvalue weighted by atomic mass is 10.2. The van der Waals surface area contributed by atoms with E-state index in [-0.39, 0.29) is 11.8 Å². The molecule has 0 bridgehead atoms. The van der Waals surface area contributed by atoms with Gasteiger partial charge in [0.2, 0.25) is 5.95 Å². The van der Waals surface area contributed by atoms with Gasteiger partial charge in [0, 0.05) is 24.5 Å². The van der Waals surface area contributed by atoms with Crippen LogP contribution in [0.4, 0.5) is 26.1 Å². The first-order valence-electron chi connectivity index (χ1n) is 8.26. The summed E-state index contributed by atoms with van der Waals surface area (Å²) in [5, 5.41) is 7.18. The number of anilines is 3. The number of morpholine rings is 1. The van der Waals surface area contributed by atoms with Gasteiger partial charge in [-0.2, -0.15) is 4.98 Å². The number of para-hydroxylation sites is 1. The van der Waals surface area contributed by atoms with Gasteiger partial charge in [-0.1, -0.05) is 12.1 Å². The highest BCUT2D eigenvalue weighted by atomic mass is 19.1. The standard InChI is InChI=1S/C18H17F2N5O/c19-13-9-14(11-15(10-13)24-5-7-26-8-6-24)22-18-21-12-25(23-18)17-4-2-1-3-16(17)20/h1-4,9-12H,5-8H2,(H,22,23). The van der Waals surface area contributed by atoms with Gasteiger partial charge in [0.05, 0.1) is 13.2 Å². The molecule has 0 spiro atoms. The molecule has 8 heteroatoms. The van der Waals surface area contributed by atoms with Crippen molar-refractivity contribution >= 4 is 17.3 Å². The number of hydrogen-bond acceptors (Lipinski definition) is 5. The minimum atomic E-state index is -0.399. The predicted molar refractivity (Wildman–Crippen MR) is 94.0 cm³/mol. The maximum atomic E-state index is 14.0. The molecule has 6 nitrogen and oxygen atoms in total. The Bertz CT molecular complexity index is 908. The third-order valence-corrected chi connectivity index (χ3v) is 4.11. The predicted octanol–water partition coefficient (Wildman–Crippen LogP) is 3.13. The zero-order valence-electron chi connectivity index (χ0n) is 13.9. The molecule has 2 aromatic carbocycles. The molecule has 1 N–H and O–H groups in total. The first-order valence-corrected chi connectivity index (χ1v) is 8.26. The fourth-order valence-corrected chi connectivity index (χ4v) is 2.85. The summed E-state index contributed by atoms with van der Waals surface area (Å²) in [6.45, 7) is 2.66. The summed E-state index contributed by atoms with van der Waals surface area (Å²) < 4.78 is 34.5. The Morgan fingerprint density at radius 2 is 1.85 bits per heavy atom. The first-order chi connectivity index (χ1) is 12.7. The number of aromatic nitrogens is 3. The van der Waals surface area contributed by atoms with Crippen LogP contribution in [0.2, 0.25) is 0 Å². The van der Waals surface area contributed by atoms with Crippen molar-refractivity contribution in [2.24, 2.45) is 0 Å². The summed E-state index contributed by atoms with van der Waals surface area (Å²) >= 11 is 0. The smallest absolute Gasteiger partial charge is 0.246 e. The van der Waals surface area contributed by atoms with Gasteiger partial charge in [-0.15, -0.1) is 5.10 Å². The van der Waals surface area contributed by atoms with Crippen LogP contribution in [0, 0.1) is 11.6 Å². The number of nitrogens with one attached hydrogen (secondary N) is 1. The average molecular weight is 357 g/mol. The molecule has 4 rings (SSSR count). The molecule has 1 saturated heterocycles. The maximum absolute atomic E-state index is 14.0. The second-order valence-corrected chi connectivity index (χ2v) is 5.89. The van der Waals surface area contributed by atoms with Crippen molar-refractivity contribution < 1.29 is 13.5 Å². The van der Waals surface area contributed by atoms with Crippen LogP contribution in [-0.4, -0.2) is 41.1 Å². The maximum Gasteiger partial charge on any atom is 0.246 e. The highest BCUT2D eigenvalue weighted by Crippen LogP contribution is 2.24. The molecule has 134 valence electrons. The van der Waals surface area contributed by atoms with Gasteiger partial charge in [0.15, 0.2) is 0 Å². The Hall–Kier alpha value is -3.00. The van der Waals surface area contributed by atoms with E-state index in [9.17, 15) is 8.78 Å². The van der Waals surface area contributed by atoms with Gasteiger partial charge in [0.25, 0.3) is 0 Å². The topological polar surface area (TPSA) is 55.2 Å². The van der Waals surface area contributed by atoms with E-state index in [0.717, 1.165) is 5.69 Å². The highest BCUT2D eigenvalue weighted by molar-refractivity contribution is 5.62. The van der Waals surface area contributed by atoms with Crippen molar-refractivity contribution in [2.75, 3.05) is 36.5 Å². The van der Waals surface area contributed by atoms with Gasteiger partial charge in [0.1, 0.15) is 23.6 Å². The molecule has 1 aliphatic heterocycles. The Balaban J connectivity index is 1.56. The van der Waals surface area contributed by atoms with Crippen LogP contribution in [0.3, 0.4) is 0 Å². The van der Waals surface area contributed by atoms with Gasteiger partial charge in [-0.25, -0.2) is 13.5 Å². The lowest BCUT2D eigenvalue weighted by molar-refractivity contribution is 0.122. The molecular weight excluding hydrogens is 340 g/mol. The van der Waals surface area contributed by atoms with Gasteiger partial charge in [-0.3, -0.25) is 0 Å². The number of nitrogens with zero attached hydrogens (tertiary/aromatic N) is 4.